The van der Waals surface area contributed by atoms with E-state index in [-0.39, 0.29) is 0 Å². The highest BCUT2D eigenvalue weighted by atomic mass is 35.5. The summed E-state index contributed by atoms with van der Waals surface area (Å²) in [6.45, 7) is 4.04. The van der Waals surface area contributed by atoms with Crippen LogP contribution in [0.4, 0.5) is 5.69 Å². The third-order valence-electron chi connectivity index (χ3n) is 3.06. The molecule has 0 unspecified atom stereocenters. The molecule has 0 amide bonds. The Morgan fingerprint density at radius 1 is 1.21 bits per heavy atom. The predicted molar refractivity (Wildman–Crippen MR) is 56.9 cm³/mol. The van der Waals surface area contributed by atoms with Crippen LogP contribution >= 0.6 is 11.6 Å². The molecule has 14 heavy (non-hydrogen) atoms. The fraction of sp³-hybridized carbons (Fsp3) is 0.455. The van der Waals surface area contributed by atoms with Crippen LogP contribution in [0.15, 0.2) is 24.3 Å². The maximum atomic E-state index is 6.11. The van der Waals surface area contributed by atoms with E-state index in [4.69, 9.17) is 16.3 Å². The van der Waals surface area contributed by atoms with E-state index < -0.39 is 0 Å². The first-order chi connectivity index (χ1) is 6.79. The Morgan fingerprint density at radius 2 is 1.93 bits per heavy atom. The molecular weight excluding hydrogens is 198 g/mol. The monoisotopic (exact) mass is 209 g/mol. The number of benzene rings is 1. The number of halogens is 1. The predicted octanol–water partition coefficient (Wildman–Crippen LogP) is 2.18. The molecule has 1 aromatic carbocycles. The van der Waals surface area contributed by atoms with Gasteiger partial charge >= 0.3 is 0 Å². The van der Waals surface area contributed by atoms with Gasteiger partial charge in [0.05, 0.1) is 29.3 Å². The summed E-state index contributed by atoms with van der Waals surface area (Å²) in [6, 6.07) is 8.02. The van der Waals surface area contributed by atoms with E-state index in [1.54, 1.807) is 0 Å². The third kappa shape index (κ3) is 1.14. The second-order valence-corrected chi connectivity index (χ2v) is 4.71. The summed E-state index contributed by atoms with van der Waals surface area (Å²) >= 11 is 6.11. The lowest BCUT2D eigenvalue weighted by molar-refractivity contribution is -0.127. The van der Waals surface area contributed by atoms with Crippen molar-refractivity contribution in [2.24, 2.45) is 5.41 Å². The summed E-state index contributed by atoms with van der Waals surface area (Å²) in [5.74, 6) is 0. The molecule has 2 saturated heterocycles. The van der Waals surface area contributed by atoms with Gasteiger partial charge in [-0.2, -0.15) is 0 Å². The molecule has 2 nitrogen and oxygen atoms in total. The van der Waals surface area contributed by atoms with E-state index in [2.05, 4.69) is 11.0 Å². The zero-order valence-electron chi connectivity index (χ0n) is 7.87. The number of para-hydroxylation sites is 1. The van der Waals surface area contributed by atoms with Gasteiger partial charge in [-0.25, -0.2) is 0 Å². The minimum absolute atomic E-state index is 0.458. The van der Waals surface area contributed by atoms with Crippen molar-refractivity contribution >= 4 is 17.3 Å². The molecule has 0 saturated carbocycles. The van der Waals surface area contributed by atoms with Crippen LogP contribution in [0.25, 0.3) is 0 Å². The molecule has 1 aromatic rings. The molecule has 0 atom stereocenters. The summed E-state index contributed by atoms with van der Waals surface area (Å²) in [4.78, 5) is 2.32. The van der Waals surface area contributed by atoms with Gasteiger partial charge in [-0.05, 0) is 12.1 Å². The van der Waals surface area contributed by atoms with Gasteiger partial charge in [0.25, 0.3) is 0 Å². The van der Waals surface area contributed by atoms with Gasteiger partial charge in [-0.1, -0.05) is 23.7 Å². The summed E-state index contributed by atoms with van der Waals surface area (Å²) in [5, 5.41) is 0.850. The first-order valence-electron chi connectivity index (χ1n) is 4.86. The van der Waals surface area contributed by atoms with Crippen LogP contribution < -0.4 is 4.90 Å². The van der Waals surface area contributed by atoms with E-state index in [9.17, 15) is 0 Å². The number of hydrogen-bond acceptors (Lipinski definition) is 2. The van der Waals surface area contributed by atoms with E-state index in [0.29, 0.717) is 5.41 Å². The maximum Gasteiger partial charge on any atom is 0.0639 e. The summed E-state index contributed by atoms with van der Waals surface area (Å²) in [5.41, 5.74) is 1.62. The average molecular weight is 210 g/mol. The van der Waals surface area contributed by atoms with Gasteiger partial charge in [0.1, 0.15) is 0 Å². The fourth-order valence-electron chi connectivity index (χ4n) is 2.22. The van der Waals surface area contributed by atoms with Crippen molar-refractivity contribution < 1.29 is 4.74 Å². The zero-order valence-corrected chi connectivity index (χ0v) is 8.63. The third-order valence-corrected chi connectivity index (χ3v) is 3.38. The molecule has 74 valence electrons. The highest BCUT2D eigenvalue weighted by Crippen LogP contribution is 2.41. The van der Waals surface area contributed by atoms with Gasteiger partial charge < -0.3 is 9.64 Å². The Morgan fingerprint density at radius 3 is 2.50 bits per heavy atom. The quantitative estimate of drug-likeness (QED) is 0.703. The second-order valence-electron chi connectivity index (χ2n) is 4.30. The molecule has 2 heterocycles. The molecule has 1 spiro atoms. The number of hydrogen-bond donors (Lipinski definition) is 0. The number of nitrogens with zero attached hydrogens (tertiary/aromatic N) is 1. The Balaban J connectivity index is 1.76. The van der Waals surface area contributed by atoms with Gasteiger partial charge in [-0.15, -0.1) is 0 Å². The second kappa shape index (κ2) is 2.88. The summed E-state index contributed by atoms with van der Waals surface area (Å²) in [6.07, 6.45) is 0. The molecule has 0 aromatic heterocycles. The van der Waals surface area contributed by atoms with E-state index in [1.165, 1.54) is 0 Å². The van der Waals surface area contributed by atoms with Crippen molar-refractivity contribution in [1.82, 2.24) is 0 Å². The molecule has 2 fully saturated rings. The van der Waals surface area contributed by atoms with Crippen LogP contribution in [0, 0.1) is 5.41 Å². The summed E-state index contributed by atoms with van der Waals surface area (Å²) < 4.78 is 5.23. The fourth-order valence-corrected chi connectivity index (χ4v) is 2.47. The van der Waals surface area contributed by atoms with Gasteiger partial charge in [0, 0.05) is 13.1 Å². The van der Waals surface area contributed by atoms with Crippen molar-refractivity contribution in [3.63, 3.8) is 0 Å². The van der Waals surface area contributed by atoms with E-state index in [1.807, 2.05) is 18.2 Å². The first kappa shape index (κ1) is 8.57. The van der Waals surface area contributed by atoms with Crippen molar-refractivity contribution in [2.75, 3.05) is 31.2 Å². The molecule has 0 N–H and O–H groups in total. The topological polar surface area (TPSA) is 12.5 Å². The van der Waals surface area contributed by atoms with Crippen molar-refractivity contribution in [3.05, 3.63) is 29.3 Å². The van der Waals surface area contributed by atoms with Crippen LogP contribution in [-0.2, 0) is 4.74 Å². The highest BCUT2D eigenvalue weighted by Gasteiger charge is 2.49. The van der Waals surface area contributed by atoms with Gasteiger partial charge in [0.15, 0.2) is 0 Å². The Bertz CT molecular complexity index is 354. The van der Waals surface area contributed by atoms with Crippen LogP contribution in [0.2, 0.25) is 5.02 Å². The molecular formula is C11H12ClNO. The van der Waals surface area contributed by atoms with E-state index in [0.717, 1.165) is 37.0 Å². The number of rotatable bonds is 1. The molecule has 2 aliphatic heterocycles. The SMILES string of the molecule is Clc1ccccc1N1CC2(COC2)C1. The Kier molecular flexibility index (Phi) is 1.76. The van der Waals surface area contributed by atoms with Gasteiger partial charge in [0.2, 0.25) is 0 Å². The molecule has 0 bridgehead atoms. The summed E-state index contributed by atoms with van der Waals surface area (Å²) in [7, 11) is 0. The number of ether oxygens (including phenoxy) is 1. The molecule has 0 aliphatic carbocycles. The molecule has 3 heteroatoms. The van der Waals surface area contributed by atoms with Crippen molar-refractivity contribution in [2.45, 2.75) is 0 Å². The average Bonchev–Trinajstić information content (AvgIpc) is 2.03. The largest absolute Gasteiger partial charge is 0.380 e. The Labute approximate surface area is 88.4 Å². The highest BCUT2D eigenvalue weighted by molar-refractivity contribution is 6.33. The number of anilines is 1. The van der Waals surface area contributed by atoms with Crippen LogP contribution in [0.1, 0.15) is 0 Å². The van der Waals surface area contributed by atoms with Crippen molar-refractivity contribution in [1.29, 1.82) is 0 Å². The van der Waals surface area contributed by atoms with Crippen LogP contribution in [0.3, 0.4) is 0 Å². The van der Waals surface area contributed by atoms with Crippen LogP contribution in [0.5, 0.6) is 0 Å². The van der Waals surface area contributed by atoms with Crippen molar-refractivity contribution in [3.8, 4) is 0 Å². The zero-order chi connectivity index (χ0) is 9.60. The standard InChI is InChI=1S/C11H12ClNO/c12-9-3-1-2-4-10(9)13-5-11(6-13)7-14-8-11/h1-4H,5-8H2. The van der Waals surface area contributed by atoms with Gasteiger partial charge in [-0.3, -0.25) is 0 Å². The Hall–Kier alpha value is -0.730. The smallest absolute Gasteiger partial charge is 0.0639 e. The minimum Gasteiger partial charge on any atom is -0.380 e. The lowest BCUT2D eigenvalue weighted by Crippen LogP contribution is -2.66. The van der Waals surface area contributed by atoms with Crippen LogP contribution in [-0.4, -0.2) is 26.3 Å². The normalized spacial score (nSPS) is 23.1. The minimum atomic E-state index is 0.458. The first-order valence-corrected chi connectivity index (χ1v) is 5.24. The maximum absolute atomic E-state index is 6.11. The molecule has 0 radical (unpaired) electrons. The molecule has 2 aliphatic rings. The molecule has 3 rings (SSSR count). The lowest BCUT2D eigenvalue weighted by atomic mass is 9.78. The lowest BCUT2D eigenvalue weighted by Gasteiger charge is -2.56. The van der Waals surface area contributed by atoms with E-state index >= 15 is 0 Å².